The number of phenolic OH excluding ortho intramolecular Hbond substituents is 1. The van der Waals surface area contributed by atoms with Crippen molar-refractivity contribution in [3.8, 4) is 5.75 Å². The third-order valence-corrected chi connectivity index (χ3v) is 16.1. The summed E-state index contributed by atoms with van der Waals surface area (Å²) in [6, 6.07) is 9.04. The van der Waals surface area contributed by atoms with Crippen molar-refractivity contribution in [3.63, 3.8) is 0 Å². The van der Waals surface area contributed by atoms with Crippen molar-refractivity contribution in [2.75, 3.05) is 83.6 Å². The number of aromatic nitrogens is 1. The first-order chi connectivity index (χ1) is 46.5. The normalized spacial score (nSPS) is 14.4. The van der Waals surface area contributed by atoms with Crippen LogP contribution in [0.1, 0.15) is 49.8 Å². The van der Waals surface area contributed by atoms with Gasteiger partial charge in [-0.05, 0) is 74.5 Å². The standard InChI is InChI=1S/C63H89N13O20S2/c1-36(78)48(33-77)70-62(95)50(35-98)72-63(96)56(37(2)79)73-57(90)44(14-8-9-19-64)67-60(93)47(26-40-27-65-43-13-7-6-12-42(40)43)69-59(92)46(24-38-10-4-3-5-11-38)68-61(94)49(34-97)71-58(91)45(25-39-15-17-41(80)18-16-39)66-51(81)28-74(20-22-75(29-52(82)83)30-53(84)85)21-23-76(31-54(86)87)32-55(88)89/h3-7,10-13,15-18,27,36-37,44-50,56,65,77-80,97-98H,8-9,14,19-26,28-35,64H2,1-2H3,(H,66,81)(H,67,93)(H,68,94)(H,69,92)(H,70,95)(H,71,91)(H,72,96)(H,73,90)(H,82,83)(H,84,85)(H,86,87)(H,88,89)/t36-,37-,44+,45-,46+,47-,48+,49+,50+,56+/m1/s1. The molecule has 0 saturated heterocycles. The zero-order valence-corrected chi connectivity index (χ0v) is 55.9. The van der Waals surface area contributed by atoms with Gasteiger partial charge < -0.3 is 94.1 Å². The number of carboxylic acids is 4. The lowest BCUT2D eigenvalue weighted by atomic mass is 10.0. The summed E-state index contributed by atoms with van der Waals surface area (Å²) in [4.78, 5) is 167. The topological polar surface area (TPSA) is 514 Å². The van der Waals surface area contributed by atoms with Crippen molar-refractivity contribution >= 4 is 107 Å². The summed E-state index contributed by atoms with van der Waals surface area (Å²) in [7, 11) is 0. The smallest absolute Gasteiger partial charge is 0.317 e. The number of nitrogens with two attached hydrogens (primary N) is 1. The van der Waals surface area contributed by atoms with Crippen molar-refractivity contribution < 1.29 is 98.4 Å². The first-order valence-electron chi connectivity index (χ1n) is 31.3. The van der Waals surface area contributed by atoms with Crippen LogP contribution in [0.2, 0.25) is 0 Å². The molecule has 8 amide bonds. The number of hydrogen-bond donors (Lipinski definition) is 20. The SMILES string of the molecule is C[C@@H](O)[C@H](CO)NC(=O)[C@H](CS)NC(=O)[C@@H](NC(=O)[C@H](CCCCN)NC(=O)[C@@H](Cc1c[nH]c2ccccc12)NC(=O)[C@H](Cc1ccccc1)NC(=O)[C@H](CS)NC(=O)[C@@H](Cc1ccc(O)cc1)NC(=O)CN(CCN(CC(=O)O)CC(=O)O)CCN(CC(=O)O)CC(=O)O)[C@@H](C)O. The van der Waals surface area contributed by atoms with E-state index in [4.69, 9.17) is 5.73 Å². The summed E-state index contributed by atoms with van der Waals surface area (Å²) in [6.07, 6.45) is -1.38. The van der Waals surface area contributed by atoms with E-state index in [0.717, 1.165) is 9.80 Å². The number of aromatic amines is 1. The number of H-pyrrole nitrogens is 1. The van der Waals surface area contributed by atoms with Crippen molar-refractivity contribution in [3.05, 3.63) is 102 Å². The van der Waals surface area contributed by atoms with Crippen molar-refractivity contribution in [2.45, 2.75) is 113 Å². The molecule has 0 aliphatic carbocycles. The highest BCUT2D eigenvalue weighted by Gasteiger charge is 2.37. The van der Waals surface area contributed by atoms with Crippen LogP contribution in [0.4, 0.5) is 0 Å². The largest absolute Gasteiger partial charge is 0.508 e. The number of aliphatic hydroxyl groups is 3. The number of carboxylic acid groups (broad SMARTS) is 4. The molecule has 0 aliphatic heterocycles. The lowest BCUT2D eigenvalue weighted by Gasteiger charge is -2.29. The van der Waals surface area contributed by atoms with Crippen LogP contribution < -0.4 is 48.3 Å². The Labute approximate surface area is 575 Å². The number of nitrogens with zero attached hydrogens (tertiary/aromatic N) is 3. The molecule has 0 spiro atoms. The second-order valence-electron chi connectivity index (χ2n) is 23.2. The van der Waals surface area contributed by atoms with E-state index in [1.54, 1.807) is 60.8 Å². The van der Waals surface area contributed by atoms with Crippen LogP contribution in [0.5, 0.6) is 5.75 Å². The van der Waals surface area contributed by atoms with E-state index in [0.29, 0.717) is 34.0 Å². The number of phenols is 1. The van der Waals surface area contributed by atoms with Crippen LogP contribution in [-0.4, -0.2) is 276 Å². The van der Waals surface area contributed by atoms with E-state index in [2.05, 4.69) is 72.8 Å². The number of benzene rings is 3. The molecule has 98 heavy (non-hydrogen) atoms. The van der Waals surface area contributed by atoms with Gasteiger partial charge >= 0.3 is 23.9 Å². The number of carbonyl (C=O) groups is 12. The Morgan fingerprint density at radius 2 is 0.908 bits per heavy atom. The number of aliphatic hydroxyl groups excluding tert-OH is 3. The molecular formula is C63H89N13O20S2. The maximum absolute atomic E-state index is 15.0. The van der Waals surface area contributed by atoms with E-state index >= 15 is 0 Å². The molecule has 0 saturated carbocycles. The van der Waals surface area contributed by atoms with Gasteiger partial charge in [0.1, 0.15) is 48.0 Å². The van der Waals surface area contributed by atoms with Crippen LogP contribution in [0.25, 0.3) is 10.9 Å². The molecule has 35 heteroatoms. The molecule has 0 unspecified atom stereocenters. The Kier molecular flexibility index (Phi) is 34.9. The summed E-state index contributed by atoms with van der Waals surface area (Å²) in [5, 5.41) is 99.6. The molecule has 0 fully saturated rings. The van der Waals surface area contributed by atoms with E-state index in [1.807, 2.05) is 0 Å². The third kappa shape index (κ3) is 28.6. The zero-order chi connectivity index (χ0) is 72.6. The minimum absolute atomic E-state index is 0.0852. The first kappa shape index (κ1) is 81.5. The van der Waals surface area contributed by atoms with Crippen LogP contribution in [0.15, 0.2) is 85.1 Å². The lowest BCUT2D eigenvalue weighted by molar-refractivity contribution is -0.143. The van der Waals surface area contributed by atoms with Crippen LogP contribution in [0, 0.1) is 0 Å². The maximum atomic E-state index is 15.0. The molecular weight excluding hydrogens is 1320 g/mol. The number of thiol groups is 2. The zero-order valence-electron chi connectivity index (χ0n) is 54.1. The molecule has 1 heterocycles. The Balaban J connectivity index is 1.68. The molecule has 19 N–H and O–H groups in total. The van der Waals surface area contributed by atoms with E-state index in [9.17, 15) is 98.4 Å². The second-order valence-corrected chi connectivity index (χ2v) is 24.0. The van der Waals surface area contributed by atoms with Gasteiger partial charge in [0.15, 0.2) is 0 Å². The van der Waals surface area contributed by atoms with Crippen molar-refractivity contribution in [2.24, 2.45) is 5.73 Å². The molecule has 4 rings (SSSR count). The molecule has 33 nitrogen and oxygen atoms in total. The average Bonchev–Trinajstić information content (AvgIpc) is 1.72. The molecule has 0 aliphatic rings. The highest BCUT2D eigenvalue weighted by atomic mass is 32.1. The average molecular weight is 1410 g/mol. The van der Waals surface area contributed by atoms with Gasteiger partial charge in [0.2, 0.25) is 47.3 Å². The number of carbonyl (C=O) groups excluding carboxylic acids is 8. The number of rotatable bonds is 46. The van der Waals surface area contributed by atoms with Crippen molar-refractivity contribution in [1.29, 1.82) is 0 Å². The Bertz CT molecular complexity index is 3240. The fraction of sp³-hybridized carbons (Fsp3) is 0.492. The number of aromatic hydroxyl groups is 1. The molecule has 4 aromatic rings. The van der Waals surface area contributed by atoms with Gasteiger partial charge in [-0.2, -0.15) is 25.3 Å². The van der Waals surface area contributed by atoms with Gasteiger partial charge in [-0.3, -0.25) is 72.2 Å². The van der Waals surface area contributed by atoms with Crippen LogP contribution in [0.3, 0.4) is 0 Å². The van der Waals surface area contributed by atoms with Gasteiger partial charge in [0, 0.05) is 74.0 Å². The minimum Gasteiger partial charge on any atom is -0.508 e. The number of aliphatic carboxylic acids is 4. The predicted molar refractivity (Wildman–Crippen MR) is 360 cm³/mol. The second kappa shape index (κ2) is 42.0. The fourth-order valence-corrected chi connectivity index (χ4v) is 10.6. The fourth-order valence-electron chi connectivity index (χ4n) is 10.1. The summed E-state index contributed by atoms with van der Waals surface area (Å²) in [5.74, 6) is -13.9. The van der Waals surface area contributed by atoms with Crippen LogP contribution in [-0.2, 0) is 76.8 Å². The molecule has 0 bridgehead atoms. The van der Waals surface area contributed by atoms with E-state index < -0.39 is 177 Å². The van der Waals surface area contributed by atoms with Crippen molar-refractivity contribution in [1.82, 2.24) is 62.2 Å². The molecule has 0 radical (unpaired) electrons. The van der Waals surface area contributed by atoms with Crippen LogP contribution >= 0.6 is 25.3 Å². The number of nitrogens with one attached hydrogen (secondary N) is 9. The third-order valence-electron chi connectivity index (χ3n) is 15.3. The number of fused-ring (bicyclic) bond motifs is 1. The lowest BCUT2D eigenvalue weighted by Crippen LogP contribution is -2.62. The Morgan fingerprint density at radius 1 is 0.480 bits per heavy atom. The Morgan fingerprint density at radius 3 is 1.40 bits per heavy atom. The summed E-state index contributed by atoms with van der Waals surface area (Å²) in [6.45, 7) is -2.46. The van der Waals surface area contributed by atoms with Gasteiger partial charge in [0.25, 0.3) is 0 Å². The quantitative estimate of drug-likeness (QED) is 0.0147. The minimum atomic E-state index is -1.74. The first-order valence-corrected chi connectivity index (χ1v) is 32.5. The highest BCUT2D eigenvalue weighted by Crippen LogP contribution is 2.20. The monoisotopic (exact) mass is 1410 g/mol. The summed E-state index contributed by atoms with van der Waals surface area (Å²) in [5.41, 5.74) is 7.90. The predicted octanol–water partition coefficient (Wildman–Crippen LogP) is -4.23. The number of unbranched alkanes of at least 4 members (excludes halogenated alkanes) is 1. The van der Waals surface area contributed by atoms with Gasteiger partial charge in [0.05, 0.1) is 57.6 Å². The summed E-state index contributed by atoms with van der Waals surface area (Å²) >= 11 is 8.52. The summed E-state index contributed by atoms with van der Waals surface area (Å²) < 4.78 is 0. The van der Waals surface area contributed by atoms with Gasteiger partial charge in [-0.25, -0.2) is 0 Å². The van der Waals surface area contributed by atoms with Gasteiger partial charge in [-0.1, -0.05) is 60.7 Å². The van der Waals surface area contributed by atoms with E-state index in [-0.39, 0.29) is 76.3 Å². The molecule has 538 valence electrons. The number of amides is 8. The number of hydrogen-bond acceptors (Lipinski definition) is 22. The molecule has 10 atom stereocenters. The molecule has 3 aromatic carbocycles. The van der Waals surface area contributed by atoms with E-state index in [1.165, 1.54) is 43.0 Å². The maximum Gasteiger partial charge on any atom is 0.317 e. The molecule has 1 aromatic heterocycles. The Hall–Kier alpha value is -8.94. The highest BCUT2D eigenvalue weighted by molar-refractivity contribution is 7.80. The number of para-hydroxylation sites is 1. The van der Waals surface area contributed by atoms with Gasteiger partial charge in [-0.15, -0.1) is 0 Å².